The standard InChI is InChI=1S/C11H18N2OS/c1-6(2)8-7(9(12)14)13-10(15-8)11(3,4)5/h6H,1-5H3,(H2,12,14). The van der Waals surface area contributed by atoms with Gasteiger partial charge in [-0.05, 0) is 5.92 Å². The number of primary amides is 1. The summed E-state index contributed by atoms with van der Waals surface area (Å²) >= 11 is 1.59. The van der Waals surface area contributed by atoms with E-state index in [1.165, 1.54) is 0 Å². The van der Waals surface area contributed by atoms with E-state index in [2.05, 4.69) is 25.8 Å². The molecule has 0 saturated carbocycles. The summed E-state index contributed by atoms with van der Waals surface area (Å²) in [6, 6.07) is 0. The SMILES string of the molecule is CC(C)c1sc(C(C)(C)C)nc1C(N)=O. The molecule has 0 saturated heterocycles. The summed E-state index contributed by atoms with van der Waals surface area (Å²) in [5, 5.41) is 0.972. The van der Waals surface area contributed by atoms with Gasteiger partial charge in [0.25, 0.3) is 5.91 Å². The fourth-order valence-electron chi connectivity index (χ4n) is 1.22. The summed E-state index contributed by atoms with van der Waals surface area (Å²) in [6.07, 6.45) is 0. The Labute approximate surface area is 94.7 Å². The minimum absolute atomic E-state index is 0.0258. The fourth-order valence-corrected chi connectivity index (χ4v) is 2.35. The lowest BCUT2D eigenvalue weighted by Gasteiger charge is -2.13. The van der Waals surface area contributed by atoms with Gasteiger partial charge >= 0.3 is 0 Å². The second kappa shape index (κ2) is 3.93. The predicted molar refractivity (Wildman–Crippen MR) is 63.4 cm³/mol. The molecular formula is C11H18N2OS. The van der Waals surface area contributed by atoms with Crippen molar-refractivity contribution in [2.45, 2.75) is 46.0 Å². The second-order valence-electron chi connectivity index (χ2n) is 5.00. The molecule has 0 aliphatic rings. The number of nitrogens with zero attached hydrogens (tertiary/aromatic N) is 1. The zero-order valence-electron chi connectivity index (χ0n) is 9.92. The molecule has 1 amide bonds. The summed E-state index contributed by atoms with van der Waals surface area (Å²) in [7, 11) is 0. The molecule has 4 heteroatoms. The van der Waals surface area contributed by atoms with E-state index < -0.39 is 5.91 Å². The van der Waals surface area contributed by atoms with Crippen LogP contribution in [0.1, 0.15) is 60.9 Å². The van der Waals surface area contributed by atoms with Crippen molar-refractivity contribution in [3.8, 4) is 0 Å². The van der Waals surface area contributed by atoms with Crippen LogP contribution in [0.25, 0.3) is 0 Å². The summed E-state index contributed by atoms with van der Waals surface area (Å²) in [5.74, 6) is -0.133. The first-order valence-corrected chi connectivity index (χ1v) is 5.86. The van der Waals surface area contributed by atoms with Crippen LogP contribution in [-0.2, 0) is 5.41 Å². The van der Waals surface area contributed by atoms with Gasteiger partial charge in [-0.25, -0.2) is 4.98 Å². The molecule has 0 atom stereocenters. The van der Waals surface area contributed by atoms with Crippen LogP contribution in [0.4, 0.5) is 0 Å². The van der Waals surface area contributed by atoms with Gasteiger partial charge < -0.3 is 5.73 Å². The Kier molecular flexibility index (Phi) is 3.19. The maximum atomic E-state index is 11.2. The Morgan fingerprint density at radius 3 is 2.20 bits per heavy atom. The van der Waals surface area contributed by atoms with Gasteiger partial charge in [0, 0.05) is 10.3 Å². The molecule has 1 aromatic rings. The molecule has 0 aromatic carbocycles. The molecule has 0 unspecified atom stereocenters. The Hall–Kier alpha value is -0.900. The van der Waals surface area contributed by atoms with E-state index in [-0.39, 0.29) is 5.41 Å². The third-order valence-corrected chi connectivity index (χ3v) is 3.83. The Morgan fingerprint density at radius 2 is 1.93 bits per heavy atom. The maximum absolute atomic E-state index is 11.2. The topological polar surface area (TPSA) is 56.0 Å². The first-order chi connectivity index (χ1) is 6.73. The van der Waals surface area contributed by atoms with Gasteiger partial charge in [-0.15, -0.1) is 11.3 Å². The third-order valence-electron chi connectivity index (χ3n) is 2.05. The normalized spacial score (nSPS) is 12.1. The maximum Gasteiger partial charge on any atom is 0.268 e. The molecule has 15 heavy (non-hydrogen) atoms. The number of thiazole rings is 1. The van der Waals surface area contributed by atoms with Gasteiger partial charge in [-0.3, -0.25) is 4.79 Å². The molecule has 1 rings (SSSR count). The number of carbonyl (C=O) groups excluding carboxylic acids is 1. The third kappa shape index (κ3) is 2.56. The fraction of sp³-hybridized carbons (Fsp3) is 0.636. The first kappa shape index (κ1) is 12.2. The van der Waals surface area contributed by atoms with E-state index in [9.17, 15) is 4.79 Å². The van der Waals surface area contributed by atoms with Crippen molar-refractivity contribution >= 4 is 17.2 Å². The smallest absolute Gasteiger partial charge is 0.268 e. The van der Waals surface area contributed by atoms with Gasteiger partial charge in [-0.1, -0.05) is 34.6 Å². The number of hydrogen-bond acceptors (Lipinski definition) is 3. The number of nitrogens with two attached hydrogens (primary N) is 1. The largest absolute Gasteiger partial charge is 0.364 e. The number of carbonyl (C=O) groups is 1. The molecule has 0 fully saturated rings. The summed E-state index contributed by atoms with van der Waals surface area (Å²) in [5.41, 5.74) is 5.73. The average Bonchev–Trinajstić information content (AvgIpc) is 2.45. The van der Waals surface area contributed by atoms with Crippen molar-refractivity contribution in [2.24, 2.45) is 5.73 Å². The highest BCUT2D eigenvalue weighted by atomic mass is 32.1. The lowest BCUT2D eigenvalue weighted by Crippen LogP contribution is -2.16. The highest BCUT2D eigenvalue weighted by Crippen LogP contribution is 2.33. The molecule has 0 aliphatic carbocycles. The van der Waals surface area contributed by atoms with E-state index in [1.54, 1.807) is 11.3 Å². The lowest BCUT2D eigenvalue weighted by atomic mass is 9.98. The van der Waals surface area contributed by atoms with Crippen LogP contribution < -0.4 is 5.73 Å². The van der Waals surface area contributed by atoms with Gasteiger partial charge in [-0.2, -0.15) is 0 Å². The van der Waals surface area contributed by atoms with Crippen molar-refractivity contribution in [2.75, 3.05) is 0 Å². The highest BCUT2D eigenvalue weighted by Gasteiger charge is 2.24. The van der Waals surface area contributed by atoms with Crippen molar-refractivity contribution in [1.29, 1.82) is 0 Å². The molecule has 3 nitrogen and oxygen atoms in total. The zero-order valence-corrected chi connectivity index (χ0v) is 10.7. The minimum Gasteiger partial charge on any atom is -0.364 e. The molecule has 0 spiro atoms. The molecule has 84 valence electrons. The van der Waals surface area contributed by atoms with Gasteiger partial charge in [0.2, 0.25) is 0 Å². The highest BCUT2D eigenvalue weighted by molar-refractivity contribution is 7.12. The predicted octanol–water partition coefficient (Wildman–Crippen LogP) is 2.66. The van der Waals surface area contributed by atoms with Gasteiger partial charge in [0.05, 0.1) is 5.01 Å². The molecule has 0 aliphatic heterocycles. The van der Waals surface area contributed by atoms with Gasteiger partial charge in [0.1, 0.15) is 5.69 Å². The van der Waals surface area contributed by atoms with E-state index in [0.717, 1.165) is 9.88 Å². The van der Waals surface area contributed by atoms with Crippen LogP contribution in [-0.4, -0.2) is 10.9 Å². The second-order valence-corrected chi connectivity index (χ2v) is 6.03. The Morgan fingerprint density at radius 1 is 1.40 bits per heavy atom. The van der Waals surface area contributed by atoms with Crippen LogP contribution in [0.5, 0.6) is 0 Å². The Balaban J connectivity index is 3.28. The quantitative estimate of drug-likeness (QED) is 0.842. The summed E-state index contributed by atoms with van der Waals surface area (Å²) in [6.45, 7) is 10.3. The van der Waals surface area contributed by atoms with Gasteiger partial charge in [0.15, 0.2) is 0 Å². The molecule has 2 N–H and O–H groups in total. The molecular weight excluding hydrogens is 208 g/mol. The number of aromatic nitrogens is 1. The molecule has 1 aromatic heterocycles. The number of hydrogen-bond donors (Lipinski definition) is 1. The van der Waals surface area contributed by atoms with Crippen molar-refractivity contribution in [3.63, 3.8) is 0 Å². The monoisotopic (exact) mass is 226 g/mol. The van der Waals surface area contributed by atoms with Crippen molar-refractivity contribution in [3.05, 3.63) is 15.6 Å². The summed E-state index contributed by atoms with van der Waals surface area (Å²) in [4.78, 5) is 16.6. The van der Waals surface area contributed by atoms with E-state index in [4.69, 9.17) is 5.73 Å². The van der Waals surface area contributed by atoms with Crippen LogP contribution in [0.2, 0.25) is 0 Å². The first-order valence-electron chi connectivity index (χ1n) is 5.04. The number of rotatable bonds is 2. The Bertz CT molecular complexity index is 374. The zero-order chi connectivity index (χ0) is 11.8. The van der Waals surface area contributed by atoms with E-state index >= 15 is 0 Å². The van der Waals surface area contributed by atoms with Crippen LogP contribution in [0, 0.1) is 0 Å². The van der Waals surface area contributed by atoms with E-state index in [1.807, 2.05) is 13.8 Å². The van der Waals surface area contributed by atoms with Crippen LogP contribution >= 0.6 is 11.3 Å². The number of amides is 1. The average molecular weight is 226 g/mol. The van der Waals surface area contributed by atoms with E-state index in [0.29, 0.717) is 11.6 Å². The summed E-state index contributed by atoms with van der Waals surface area (Å²) < 4.78 is 0. The molecule has 1 heterocycles. The van der Waals surface area contributed by atoms with Crippen molar-refractivity contribution in [1.82, 2.24) is 4.98 Å². The van der Waals surface area contributed by atoms with Crippen LogP contribution in [0.3, 0.4) is 0 Å². The lowest BCUT2D eigenvalue weighted by molar-refractivity contribution is 0.0995. The molecule has 0 bridgehead atoms. The van der Waals surface area contributed by atoms with Crippen LogP contribution in [0.15, 0.2) is 0 Å². The minimum atomic E-state index is -0.426. The molecule has 0 radical (unpaired) electrons. The van der Waals surface area contributed by atoms with Crippen molar-refractivity contribution < 1.29 is 4.79 Å².